The van der Waals surface area contributed by atoms with Crippen LogP contribution in [-0.2, 0) is 14.6 Å². The zero-order chi connectivity index (χ0) is 16.2. The first kappa shape index (κ1) is 17.0. The lowest BCUT2D eigenvalue weighted by Gasteiger charge is -2.14. The van der Waals surface area contributed by atoms with Crippen LogP contribution in [0.2, 0.25) is 0 Å². The monoisotopic (exact) mass is 315 g/mol. The number of aromatic hydroxyl groups is 1. The Kier molecular flexibility index (Phi) is 5.31. The second kappa shape index (κ2) is 6.57. The number of carbonyl (C=O) groups is 2. The molecule has 0 spiro atoms. The van der Waals surface area contributed by atoms with Crippen LogP contribution in [0, 0.1) is 6.92 Å². The lowest BCUT2D eigenvalue weighted by Crippen LogP contribution is -2.41. The first-order valence-electron chi connectivity index (χ1n) is 6.11. The third-order valence-corrected chi connectivity index (χ3v) is 3.76. The van der Waals surface area contributed by atoms with Gasteiger partial charge >= 0.3 is 5.97 Å². The number of amides is 1. The molecule has 0 radical (unpaired) electrons. The zero-order valence-electron chi connectivity index (χ0n) is 11.7. The molecule has 8 heteroatoms. The number of aliphatic carboxylic acids is 1. The molecule has 21 heavy (non-hydrogen) atoms. The summed E-state index contributed by atoms with van der Waals surface area (Å²) in [5.41, 5.74) is 0.683. The highest BCUT2D eigenvalue weighted by Gasteiger charge is 2.23. The predicted octanol–water partition coefficient (Wildman–Crippen LogP) is 0.318. The van der Waals surface area contributed by atoms with E-state index in [1.807, 2.05) is 0 Å². The Bertz CT molecular complexity index is 653. The van der Waals surface area contributed by atoms with Gasteiger partial charge in [-0.05, 0) is 31.0 Å². The Morgan fingerprint density at radius 3 is 2.43 bits per heavy atom. The van der Waals surface area contributed by atoms with E-state index in [0.29, 0.717) is 0 Å². The number of carbonyl (C=O) groups excluding carboxylic acids is 1. The first-order valence-corrected chi connectivity index (χ1v) is 8.17. The summed E-state index contributed by atoms with van der Waals surface area (Å²) < 4.78 is 22.1. The van der Waals surface area contributed by atoms with Gasteiger partial charge in [-0.25, -0.2) is 13.2 Å². The molecule has 0 saturated heterocycles. The van der Waals surface area contributed by atoms with Crippen LogP contribution in [-0.4, -0.2) is 48.6 Å². The third-order valence-electron chi connectivity index (χ3n) is 2.78. The molecule has 0 aliphatic rings. The molecule has 0 aliphatic heterocycles. The molecule has 0 saturated carbocycles. The van der Waals surface area contributed by atoms with Crippen molar-refractivity contribution in [3.63, 3.8) is 0 Å². The Balaban J connectivity index is 2.84. The van der Waals surface area contributed by atoms with Crippen molar-refractivity contribution in [1.82, 2.24) is 5.32 Å². The molecule has 0 bridgehead atoms. The summed E-state index contributed by atoms with van der Waals surface area (Å²) in [5.74, 6) is -2.73. The van der Waals surface area contributed by atoms with Crippen molar-refractivity contribution >= 4 is 21.7 Å². The number of aryl methyl sites for hydroxylation is 1. The van der Waals surface area contributed by atoms with E-state index in [0.717, 1.165) is 11.8 Å². The van der Waals surface area contributed by atoms with Gasteiger partial charge in [0.05, 0.1) is 11.3 Å². The van der Waals surface area contributed by atoms with Crippen LogP contribution in [0.5, 0.6) is 5.75 Å². The Hall–Kier alpha value is -2.09. The highest BCUT2D eigenvalue weighted by Crippen LogP contribution is 2.18. The normalized spacial score (nSPS) is 12.7. The number of carboxylic acids is 1. The van der Waals surface area contributed by atoms with E-state index in [9.17, 15) is 23.1 Å². The van der Waals surface area contributed by atoms with Gasteiger partial charge in [0, 0.05) is 6.26 Å². The molecule has 0 heterocycles. The maximum Gasteiger partial charge on any atom is 0.326 e. The molecule has 1 aromatic carbocycles. The van der Waals surface area contributed by atoms with Crippen LogP contribution in [0.3, 0.4) is 0 Å². The van der Waals surface area contributed by atoms with Gasteiger partial charge in [0.2, 0.25) is 0 Å². The lowest BCUT2D eigenvalue weighted by atomic mass is 10.1. The number of nitrogens with one attached hydrogen (secondary N) is 1. The minimum atomic E-state index is -3.33. The quantitative estimate of drug-likeness (QED) is 0.695. The number of sulfone groups is 1. The largest absolute Gasteiger partial charge is 0.507 e. The summed E-state index contributed by atoms with van der Waals surface area (Å²) >= 11 is 0. The van der Waals surface area contributed by atoms with Gasteiger partial charge in [0.15, 0.2) is 0 Å². The highest BCUT2D eigenvalue weighted by molar-refractivity contribution is 7.90. The standard InChI is InChI=1S/C13H17NO6S/c1-8-3-4-9(11(15)7-8)12(16)14-10(13(17)18)5-6-21(2,19)20/h3-4,7,10,15H,5-6H2,1-2H3,(H,14,16)(H,17,18). The van der Waals surface area contributed by atoms with E-state index < -0.39 is 27.8 Å². The molecule has 0 aromatic heterocycles. The van der Waals surface area contributed by atoms with Crippen LogP contribution in [0.4, 0.5) is 0 Å². The molecule has 7 nitrogen and oxygen atoms in total. The van der Waals surface area contributed by atoms with Crippen molar-refractivity contribution in [3.8, 4) is 5.75 Å². The van der Waals surface area contributed by atoms with E-state index in [-0.39, 0.29) is 23.5 Å². The summed E-state index contributed by atoms with van der Waals surface area (Å²) in [7, 11) is -3.33. The number of carboxylic acid groups (broad SMARTS) is 1. The molecule has 1 rings (SSSR count). The van der Waals surface area contributed by atoms with E-state index in [2.05, 4.69) is 5.32 Å². The summed E-state index contributed by atoms with van der Waals surface area (Å²) in [5, 5.41) is 20.9. The minimum absolute atomic E-state index is 0.0637. The molecule has 1 unspecified atom stereocenters. The Labute approximate surface area is 122 Å². The van der Waals surface area contributed by atoms with Gasteiger partial charge in [0.25, 0.3) is 5.91 Å². The molecule has 0 fully saturated rings. The van der Waals surface area contributed by atoms with Crippen LogP contribution in [0.25, 0.3) is 0 Å². The lowest BCUT2D eigenvalue weighted by molar-refractivity contribution is -0.139. The molecule has 1 amide bonds. The summed E-state index contributed by atoms with van der Waals surface area (Å²) in [4.78, 5) is 23.0. The van der Waals surface area contributed by atoms with E-state index in [4.69, 9.17) is 5.11 Å². The third kappa shape index (κ3) is 5.42. The molecule has 1 aromatic rings. The molecular weight excluding hydrogens is 298 g/mol. The van der Waals surface area contributed by atoms with Crippen molar-refractivity contribution in [1.29, 1.82) is 0 Å². The Morgan fingerprint density at radius 2 is 1.95 bits per heavy atom. The van der Waals surface area contributed by atoms with Crippen LogP contribution in [0.15, 0.2) is 18.2 Å². The number of hydrogen-bond acceptors (Lipinski definition) is 5. The van der Waals surface area contributed by atoms with Crippen molar-refractivity contribution in [3.05, 3.63) is 29.3 Å². The Morgan fingerprint density at radius 1 is 1.33 bits per heavy atom. The average Bonchev–Trinajstić information content (AvgIpc) is 2.32. The van der Waals surface area contributed by atoms with Crippen LogP contribution >= 0.6 is 0 Å². The molecular formula is C13H17NO6S. The van der Waals surface area contributed by atoms with Gasteiger partial charge in [0.1, 0.15) is 21.6 Å². The fourth-order valence-corrected chi connectivity index (χ4v) is 2.32. The number of phenolic OH excluding ortho intramolecular Hbond substituents is 1. The highest BCUT2D eigenvalue weighted by atomic mass is 32.2. The second-order valence-corrected chi connectivity index (χ2v) is 7.06. The van der Waals surface area contributed by atoms with Gasteiger partial charge in [-0.1, -0.05) is 6.07 Å². The fraction of sp³-hybridized carbons (Fsp3) is 0.385. The van der Waals surface area contributed by atoms with Crippen molar-refractivity contribution in [2.45, 2.75) is 19.4 Å². The summed E-state index contributed by atoms with van der Waals surface area (Å²) in [6.07, 6.45) is 0.742. The van der Waals surface area contributed by atoms with E-state index >= 15 is 0 Å². The van der Waals surface area contributed by atoms with Gasteiger partial charge in [-0.2, -0.15) is 0 Å². The molecule has 3 N–H and O–H groups in total. The summed E-state index contributed by atoms with van der Waals surface area (Å²) in [6, 6.07) is 3.00. The van der Waals surface area contributed by atoms with E-state index in [1.54, 1.807) is 13.0 Å². The maximum absolute atomic E-state index is 11.9. The SMILES string of the molecule is Cc1ccc(C(=O)NC(CCS(C)(=O)=O)C(=O)O)c(O)c1. The minimum Gasteiger partial charge on any atom is -0.507 e. The number of rotatable bonds is 6. The number of benzene rings is 1. The fourth-order valence-electron chi connectivity index (χ4n) is 1.66. The van der Waals surface area contributed by atoms with Crippen molar-refractivity contribution in [2.75, 3.05) is 12.0 Å². The first-order chi connectivity index (χ1) is 9.60. The molecule has 116 valence electrons. The number of hydrogen-bond donors (Lipinski definition) is 3. The smallest absolute Gasteiger partial charge is 0.326 e. The van der Waals surface area contributed by atoms with Gasteiger partial charge in [-0.3, -0.25) is 4.79 Å². The average molecular weight is 315 g/mol. The van der Waals surface area contributed by atoms with Crippen LogP contribution in [0.1, 0.15) is 22.3 Å². The number of phenols is 1. The predicted molar refractivity (Wildman–Crippen MR) is 76.1 cm³/mol. The second-order valence-electron chi connectivity index (χ2n) is 4.80. The van der Waals surface area contributed by atoms with Gasteiger partial charge < -0.3 is 15.5 Å². The zero-order valence-corrected chi connectivity index (χ0v) is 12.5. The van der Waals surface area contributed by atoms with Crippen molar-refractivity contribution < 1.29 is 28.2 Å². The maximum atomic E-state index is 11.9. The van der Waals surface area contributed by atoms with E-state index in [1.165, 1.54) is 12.1 Å². The van der Waals surface area contributed by atoms with Gasteiger partial charge in [-0.15, -0.1) is 0 Å². The topological polar surface area (TPSA) is 121 Å². The summed E-state index contributed by atoms with van der Waals surface area (Å²) in [6.45, 7) is 1.73. The molecule has 0 aliphatic carbocycles. The van der Waals surface area contributed by atoms with Crippen LogP contribution < -0.4 is 5.32 Å². The van der Waals surface area contributed by atoms with Crippen molar-refractivity contribution in [2.24, 2.45) is 0 Å². The molecule has 1 atom stereocenters.